The summed E-state index contributed by atoms with van der Waals surface area (Å²) in [7, 11) is 1.65. The number of urea groups is 1. The van der Waals surface area contributed by atoms with Crippen LogP contribution in [0.3, 0.4) is 0 Å². The summed E-state index contributed by atoms with van der Waals surface area (Å²) < 4.78 is 12.9. The standard InChI is InChI=1S/C19H24FN3O3/c1-22-18(26)23(17(25)19(22)10-3-2-4-11-19)13-16(24)21-12-9-14-5-7-15(20)8-6-14/h5-8H,2-4,9-13H2,1H3,(H,21,24). The maximum Gasteiger partial charge on any atom is 0.327 e. The molecular weight excluding hydrogens is 337 g/mol. The van der Waals surface area contributed by atoms with Crippen molar-refractivity contribution in [3.8, 4) is 0 Å². The molecule has 1 saturated carbocycles. The minimum atomic E-state index is -0.760. The quantitative estimate of drug-likeness (QED) is 0.817. The van der Waals surface area contributed by atoms with E-state index in [2.05, 4.69) is 5.32 Å². The number of rotatable bonds is 5. The van der Waals surface area contributed by atoms with Gasteiger partial charge in [0, 0.05) is 13.6 Å². The molecule has 6 nitrogen and oxygen atoms in total. The van der Waals surface area contributed by atoms with Gasteiger partial charge in [0.15, 0.2) is 0 Å². The number of amides is 4. The molecular formula is C19H24FN3O3. The molecule has 2 aliphatic rings. The highest BCUT2D eigenvalue weighted by Gasteiger charge is 2.55. The first-order valence-electron chi connectivity index (χ1n) is 9.05. The normalized spacial score (nSPS) is 19.3. The van der Waals surface area contributed by atoms with Gasteiger partial charge in [-0.25, -0.2) is 9.18 Å². The van der Waals surface area contributed by atoms with Gasteiger partial charge in [0.1, 0.15) is 17.9 Å². The molecule has 4 amide bonds. The van der Waals surface area contributed by atoms with Gasteiger partial charge in [0.25, 0.3) is 5.91 Å². The minimum absolute atomic E-state index is 0.251. The molecule has 0 unspecified atom stereocenters. The van der Waals surface area contributed by atoms with E-state index in [4.69, 9.17) is 0 Å². The van der Waals surface area contributed by atoms with E-state index in [1.807, 2.05) is 0 Å². The van der Waals surface area contributed by atoms with Gasteiger partial charge in [0.2, 0.25) is 5.91 Å². The highest BCUT2D eigenvalue weighted by Crippen LogP contribution is 2.39. The summed E-state index contributed by atoms with van der Waals surface area (Å²) in [5.41, 5.74) is 0.143. The summed E-state index contributed by atoms with van der Waals surface area (Å²) in [6.07, 6.45) is 4.79. The van der Waals surface area contributed by atoms with Crippen molar-refractivity contribution in [1.29, 1.82) is 0 Å². The molecule has 1 saturated heterocycles. The molecule has 0 atom stereocenters. The van der Waals surface area contributed by atoms with Crippen LogP contribution in [-0.4, -0.2) is 53.3 Å². The lowest BCUT2D eigenvalue weighted by Gasteiger charge is -2.35. The van der Waals surface area contributed by atoms with Gasteiger partial charge in [-0.05, 0) is 37.0 Å². The van der Waals surface area contributed by atoms with Crippen molar-refractivity contribution < 1.29 is 18.8 Å². The van der Waals surface area contributed by atoms with E-state index < -0.39 is 11.6 Å². The third-order valence-electron chi connectivity index (χ3n) is 5.43. The Morgan fingerprint density at radius 2 is 1.81 bits per heavy atom. The number of benzene rings is 1. The molecule has 2 fully saturated rings. The molecule has 0 radical (unpaired) electrons. The van der Waals surface area contributed by atoms with Crippen LogP contribution in [0.1, 0.15) is 37.7 Å². The predicted octanol–water partition coefficient (Wildman–Crippen LogP) is 2.08. The summed E-state index contributed by atoms with van der Waals surface area (Å²) in [4.78, 5) is 40.0. The molecule has 1 spiro atoms. The lowest BCUT2D eigenvalue weighted by molar-refractivity contribution is -0.137. The van der Waals surface area contributed by atoms with E-state index in [9.17, 15) is 18.8 Å². The average Bonchev–Trinajstić information content (AvgIpc) is 2.80. The fourth-order valence-electron chi connectivity index (χ4n) is 3.87. The maximum absolute atomic E-state index is 12.9. The minimum Gasteiger partial charge on any atom is -0.354 e. The monoisotopic (exact) mass is 361 g/mol. The zero-order valence-corrected chi connectivity index (χ0v) is 15.0. The van der Waals surface area contributed by atoms with E-state index in [1.54, 1.807) is 19.2 Å². The zero-order valence-electron chi connectivity index (χ0n) is 15.0. The molecule has 26 heavy (non-hydrogen) atoms. The number of likely N-dealkylation sites (N-methyl/N-ethyl adjacent to an activating group) is 1. The van der Waals surface area contributed by atoms with Crippen LogP contribution in [-0.2, 0) is 16.0 Å². The number of carbonyl (C=O) groups excluding carboxylic acids is 3. The molecule has 3 rings (SSSR count). The molecule has 1 aromatic rings. The summed E-state index contributed by atoms with van der Waals surface area (Å²) in [6, 6.07) is 5.68. The van der Waals surface area contributed by atoms with Crippen molar-refractivity contribution >= 4 is 17.8 Å². The lowest BCUT2D eigenvalue weighted by atomic mass is 9.81. The second-order valence-corrected chi connectivity index (χ2v) is 7.05. The molecule has 1 N–H and O–H groups in total. The van der Waals surface area contributed by atoms with Gasteiger partial charge < -0.3 is 10.2 Å². The molecule has 0 bridgehead atoms. The fourth-order valence-corrected chi connectivity index (χ4v) is 3.87. The molecule has 1 heterocycles. The van der Waals surface area contributed by atoms with Crippen molar-refractivity contribution in [1.82, 2.24) is 15.1 Å². The van der Waals surface area contributed by atoms with Crippen molar-refractivity contribution in [2.75, 3.05) is 20.1 Å². The Labute approximate surface area is 152 Å². The number of halogens is 1. The predicted molar refractivity (Wildman–Crippen MR) is 93.8 cm³/mol. The van der Waals surface area contributed by atoms with Crippen LogP contribution in [0.25, 0.3) is 0 Å². The van der Waals surface area contributed by atoms with Gasteiger partial charge in [0.05, 0.1) is 0 Å². The zero-order chi connectivity index (χ0) is 18.7. The Hall–Kier alpha value is -2.44. The molecule has 140 valence electrons. The van der Waals surface area contributed by atoms with Gasteiger partial charge in [-0.15, -0.1) is 0 Å². The van der Waals surface area contributed by atoms with Gasteiger partial charge in [-0.1, -0.05) is 31.4 Å². The molecule has 1 aliphatic carbocycles. The van der Waals surface area contributed by atoms with Crippen LogP contribution in [0, 0.1) is 5.82 Å². The smallest absolute Gasteiger partial charge is 0.327 e. The Morgan fingerprint density at radius 1 is 1.15 bits per heavy atom. The summed E-state index contributed by atoms with van der Waals surface area (Å²) in [5.74, 6) is -0.918. The van der Waals surface area contributed by atoms with Crippen LogP contribution in [0.2, 0.25) is 0 Å². The van der Waals surface area contributed by atoms with Crippen LogP contribution < -0.4 is 5.32 Å². The van der Waals surface area contributed by atoms with E-state index in [0.717, 1.165) is 29.7 Å². The SMILES string of the molecule is CN1C(=O)N(CC(=O)NCCc2ccc(F)cc2)C(=O)C12CCCCC2. The van der Waals surface area contributed by atoms with E-state index in [1.165, 1.54) is 17.0 Å². The van der Waals surface area contributed by atoms with Crippen molar-refractivity contribution in [2.45, 2.75) is 44.1 Å². The fraction of sp³-hybridized carbons (Fsp3) is 0.526. The second-order valence-electron chi connectivity index (χ2n) is 7.05. The van der Waals surface area contributed by atoms with Gasteiger partial charge in [-0.2, -0.15) is 0 Å². The van der Waals surface area contributed by atoms with Crippen molar-refractivity contribution in [3.63, 3.8) is 0 Å². The number of carbonyl (C=O) groups is 3. The van der Waals surface area contributed by atoms with Crippen molar-refractivity contribution in [3.05, 3.63) is 35.6 Å². The number of nitrogens with zero attached hydrogens (tertiary/aromatic N) is 2. The Bertz CT molecular complexity index is 698. The highest BCUT2D eigenvalue weighted by molar-refractivity contribution is 6.08. The van der Waals surface area contributed by atoms with E-state index in [0.29, 0.717) is 25.8 Å². The first-order chi connectivity index (χ1) is 12.4. The second kappa shape index (κ2) is 7.43. The van der Waals surface area contributed by atoms with Crippen LogP contribution in [0.4, 0.5) is 9.18 Å². The number of hydrogen-bond donors (Lipinski definition) is 1. The van der Waals surface area contributed by atoms with Crippen LogP contribution in [0.15, 0.2) is 24.3 Å². The third-order valence-corrected chi connectivity index (χ3v) is 5.43. The van der Waals surface area contributed by atoms with Crippen LogP contribution in [0.5, 0.6) is 0 Å². The van der Waals surface area contributed by atoms with Crippen molar-refractivity contribution in [2.24, 2.45) is 0 Å². The third kappa shape index (κ3) is 3.43. The number of imide groups is 1. The Kier molecular flexibility index (Phi) is 5.25. The lowest BCUT2D eigenvalue weighted by Crippen LogP contribution is -2.49. The first-order valence-corrected chi connectivity index (χ1v) is 9.05. The molecule has 1 aliphatic heterocycles. The summed E-state index contributed by atoms with van der Waals surface area (Å²) in [6.45, 7) is 0.106. The van der Waals surface area contributed by atoms with E-state index in [-0.39, 0.29) is 24.2 Å². The van der Waals surface area contributed by atoms with E-state index >= 15 is 0 Å². The maximum atomic E-state index is 12.9. The van der Waals surface area contributed by atoms with Crippen LogP contribution >= 0.6 is 0 Å². The first kappa shape index (κ1) is 18.4. The summed E-state index contributed by atoms with van der Waals surface area (Å²) >= 11 is 0. The molecule has 0 aromatic heterocycles. The summed E-state index contributed by atoms with van der Waals surface area (Å²) in [5, 5.41) is 2.72. The number of nitrogens with one attached hydrogen (secondary N) is 1. The Balaban J connectivity index is 1.54. The molecule has 7 heteroatoms. The highest BCUT2D eigenvalue weighted by atomic mass is 19.1. The molecule has 1 aromatic carbocycles. The average molecular weight is 361 g/mol. The van der Waals surface area contributed by atoms with Gasteiger partial charge in [-0.3, -0.25) is 14.5 Å². The number of hydrogen-bond acceptors (Lipinski definition) is 3. The Morgan fingerprint density at radius 3 is 2.46 bits per heavy atom. The van der Waals surface area contributed by atoms with Gasteiger partial charge >= 0.3 is 6.03 Å². The topological polar surface area (TPSA) is 69.7 Å². The largest absolute Gasteiger partial charge is 0.354 e.